The highest BCUT2D eigenvalue weighted by Gasteiger charge is 2.27. The first-order valence-corrected chi connectivity index (χ1v) is 7.99. The Balaban J connectivity index is 2.95. The van der Waals surface area contributed by atoms with E-state index < -0.39 is 0 Å². The molecule has 0 bridgehead atoms. The molecule has 1 rings (SSSR count). The van der Waals surface area contributed by atoms with Gasteiger partial charge in [-0.2, -0.15) is 5.10 Å². The van der Waals surface area contributed by atoms with Crippen LogP contribution in [-0.4, -0.2) is 22.4 Å². The van der Waals surface area contributed by atoms with E-state index in [1.165, 1.54) is 5.69 Å². The molecule has 0 fully saturated rings. The zero-order valence-electron chi connectivity index (χ0n) is 14.0. The molecule has 0 aromatic carbocycles. The van der Waals surface area contributed by atoms with Crippen molar-refractivity contribution < 1.29 is 0 Å². The van der Waals surface area contributed by atoms with Crippen molar-refractivity contribution >= 4 is 11.6 Å². The molecule has 1 unspecified atom stereocenters. The van der Waals surface area contributed by atoms with Gasteiger partial charge in [0.2, 0.25) is 0 Å². The maximum Gasteiger partial charge on any atom is 0.0847 e. The van der Waals surface area contributed by atoms with Crippen molar-refractivity contribution in [3.8, 4) is 0 Å². The van der Waals surface area contributed by atoms with Crippen molar-refractivity contribution in [2.45, 2.75) is 67.5 Å². The predicted molar refractivity (Wildman–Crippen MR) is 87.4 cm³/mol. The van der Waals surface area contributed by atoms with E-state index in [-0.39, 0.29) is 5.41 Å². The lowest BCUT2D eigenvalue weighted by atomic mass is 9.78. The smallest absolute Gasteiger partial charge is 0.0847 e. The van der Waals surface area contributed by atoms with Gasteiger partial charge in [0.05, 0.1) is 16.4 Å². The van der Waals surface area contributed by atoms with E-state index in [9.17, 15) is 0 Å². The molecule has 0 aliphatic heterocycles. The fraction of sp³-hybridized carbons (Fsp3) is 0.812. The van der Waals surface area contributed by atoms with E-state index in [4.69, 9.17) is 11.6 Å². The molecule has 1 aromatic heterocycles. The Hall–Kier alpha value is -0.540. The maximum atomic E-state index is 6.45. The van der Waals surface area contributed by atoms with Gasteiger partial charge in [-0.05, 0) is 38.1 Å². The summed E-state index contributed by atoms with van der Waals surface area (Å²) in [6.07, 6.45) is 0.969. The highest BCUT2D eigenvalue weighted by atomic mass is 35.5. The van der Waals surface area contributed by atoms with Crippen molar-refractivity contribution in [1.29, 1.82) is 0 Å². The number of aryl methyl sites for hydroxylation is 2. The number of halogens is 1. The fourth-order valence-electron chi connectivity index (χ4n) is 2.36. The van der Waals surface area contributed by atoms with Gasteiger partial charge in [0.1, 0.15) is 0 Å². The van der Waals surface area contributed by atoms with Gasteiger partial charge in [-0.3, -0.25) is 4.68 Å². The highest BCUT2D eigenvalue weighted by molar-refractivity contribution is 6.31. The molecule has 4 heteroatoms. The van der Waals surface area contributed by atoms with Crippen molar-refractivity contribution in [2.75, 3.05) is 6.54 Å². The van der Waals surface area contributed by atoms with Crippen LogP contribution in [0.3, 0.4) is 0 Å². The van der Waals surface area contributed by atoms with Crippen LogP contribution >= 0.6 is 11.6 Å². The van der Waals surface area contributed by atoms with Gasteiger partial charge < -0.3 is 5.32 Å². The lowest BCUT2D eigenvalue weighted by molar-refractivity contribution is 0.223. The van der Waals surface area contributed by atoms with E-state index in [0.29, 0.717) is 12.0 Å². The van der Waals surface area contributed by atoms with Crippen LogP contribution in [0.15, 0.2) is 0 Å². The average Bonchev–Trinajstić information content (AvgIpc) is 2.59. The molecular weight excluding hydrogens is 270 g/mol. The van der Waals surface area contributed by atoms with Gasteiger partial charge in [-0.1, -0.05) is 46.2 Å². The second-order valence-electron chi connectivity index (χ2n) is 6.99. The summed E-state index contributed by atoms with van der Waals surface area (Å²) in [7, 11) is 0. The minimum Gasteiger partial charge on any atom is -0.314 e. The SMILES string of the molecule is CCn1nc(C)c(Cl)c1CC(CNC(C)C)C(C)(C)C. The van der Waals surface area contributed by atoms with E-state index in [2.05, 4.69) is 52.0 Å². The van der Waals surface area contributed by atoms with Gasteiger partial charge in [0.15, 0.2) is 0 Å². The third-order valence-electron chi connectivity index (χ3n) is 3.89. The molecule has 1 heterocycles. The van der Waals surface area contributed by atoms with Crippen LogP contribution in [0, 0.1) is 18.3 Å². The highest BCUT2D eigenvalue weighted by Crippen LogP contribution is 2.32. The zero-order chi connectivity index (χ0) is 15.5. The van der Waals surface area contributed by atoms with Crippen LogP contribution < -0.4 is 5.32 Å². The van der Waals surface area contributed by atoms with Crippen LogP contribution in [-0.2, 0) is 13.0 Å². The van der Waals surface area contributed by atoms with Crippen LogP contribution in [0.1, 0.15) is 52.9 Å². The molecule has 0 spiro atoms. The molecule has 1 aromatic rings. The molecule has 0 aliphatic rings. The Kier molecular flexibility index (Phi) is 6.08. The van der Waals surface area contributed by atoms with Crippen LogP contribution in [0.25, 0.3) is 0 Å². The first-order chi connectivity index (χ1) is 9.16. The molecule has 1 atom stereocenters. The summed E-state index contributed by atoms with van der Waals surface area (Å²) in [5.41, 5.74) is 2.35. The van der Waals surface area contributed by atoms with Crippen LogP contribution in [0.4, 0.5) is 0 Å². The predicted octanol–water partition coefficient (Wildman–Crippen LogP) is 4.07. The number of rotatable bonds is 6. The average molecular weight is 300 g/mol. The molecule has 3 nitrogen and oxygen atoms in total. The molecule has 20 heavy (non-hydrogen) atoms. The summed E-state index contributed by atoms with van der Waals surface area (Å²) in [5, 5.41) is 8.93. The summed E-state index contributed by atoms with van der Waals surface area (Å²) < 4.78 is 2.05. The van der Waals surface area contributed by atoms with E-state index in [0.717, 1.165) is 30.2 Å². The Morgan fingerprint density at radius 2 is 1.90 bits per heavy atom. The van der Waals surface area contributed by atoms with Crippen molar-refractivity contribution in [3.05, 3.63) is 16.4 Å². The quantitative estimate of drug-likeness (QED) is 0.858. The van der Waals surface area contributed by atoms with E-state index in [1.807, 2.05) is 11.6 Å². The summed E-state index contributed by atoms with van der Waals surface area (Å²) in [6.45, 7) is 17.2. The van der Waals surface area contributed by atoms with Gasteiger partial charge in [0.25, 0.3) is 0 Å². The normalized spacial score (nSPS) is 14.1. The first kappa shape index (κ1) is 17.5. The van der Waals surface area contributed by atoms with Crippen molar-refractivity contribution in [1.82, 2.24) is 15.1 Å². The summed E-state index contributed by atoms with van der Waals surface area (Å²) in [6, 6.07) is 0.508. The van der Waals surface area contributed by atoms with Crippen molar-refractivity contribution in [3.63, 3.8) is 0 Å². The zero-order valence-corrected chi connectivity index (χ0v) is 14.8. The second-order valence-corrected chi connectivity index (χ2v) is 7.37. The number of hydrogen-bond donors (Lipinski definition) is 1. The van der Waals surface area contributed by atoms with Crippen molar-refractivity contribution in [2.24, 2.45) is 11.3 Å². The molecule has 0 radical (unpaired) electrons. The summed E-state index contributed by atoms with van der Waals surface area (Å²) in [5.74, 6) is 0.531. The minimum atomic E-state index is 0.238. The maximum absolute atomic E-state index is 6.45. The molecule has 116 valence electrons. The lowest BCUT2D eigenvalue weighted by Crippen LogP contribution is -2.36. The third kappa shape index (κ3) is 4.49. The monoisotopic (exact) mass is 299 g/mol. The van der Waals surface area contributed by atoms with E-state index >= 15 is 0 Å². The van der Waals surface area contributed by atoms with Crippen LogP contribution in [0.5, 0.6) is 0 Å². The van der Waals surface area contributed by atoms with E-state index in [1.54, 1.807) is 0 Å². The number of hydrogen-bond acceptors (Lipinski definition) is 2. The molecule has 0 saturated heterocycles. The summed E-state index contributed by atoms with van der Waals surface area (Å²) in [4.78, 5) is 0. The second kappa shape index (κ2) is 6.95. The minimum absolute atomic E-state index is 0.238. The van der Waals surface area contributed by atoms with Gasteiger partial charge in [0, 0.05) is 12.6 Å². The molecule has 0 amide bonds. The Morgan fingerprint density at radius 1 is 1.30 bits per heavy atom. The van der Waals surface area contributed by atoms with Gasteiger partial charge >= 0.3 is 0 Å². The lowest BCUT2D eigenvalue weighted by Gasteiger charge is -2.32. The molecular formula is C16H30ClN3. The Bertz CT molecular complexity index is 430. The van der Waals surface area contributed by atoms with Gasteiger partial charge in [-0.25, -0.2) is 0 Å². The van der Waals surface area contributed by atoms with Gasteiger partial charge in [-0.15, -0.1) is 0 Å². The molecule has 1 N–H and O–H groups in total. The number of nitrogens with zero attached hydrogens (tertiary/aromatic N) is 2. The fourth-order valence-corrected chi connectivity index (χ4v) is 2.57. The topological polar surface area (TPSA) is 29.9 Å². The Morgan fingerprint density at radius 3 is 2.35 bits per heavy atom. The standard InChI is InChI=1S/C16H30ClN3/c1-8-20-14(15(17)12(4)19-20)9-13(16(5,6)7)10-18-11(2)3/h11,13,18H,8-10H2,1-7H3. The van der Waals surface area contributed by atoms with Crippen LogP contribution in [0.2, 0.25) is 5.02 Å². The third-order valence-corrected chi connectivity index (χ3v) is 4.38. The first-order valence-electron chi connectivity index (χ1n) is 7.62. The number of nitrogens with one attached hydrogen (secondary N) is 1. The molecule has 0 aliphatic carbocycles. The Labute approximate surface area is 129 Å². The number of aromatic nitrogens is 2. The summed E-state index contributed by atoms with van der Waals surface area (Å²) >= 11 is 6.45. The largest absolute Gasteiger partial charge is 0.314 e. The molecule has 0 saturated carbocycles.